The lowest BCUT2D eigenvalue weighted by molar-refractivity contribution is 0.0700. The molecule has 3 rings (SSSR count). The minimum Gasteiger partial charge on any atom is -0.338 e. The third kappa shape index (κ3) is 4.19. The first-order valence-corrected chi connectivity index (χ1v) is 9.12. The van der Waals surface area contributed by atoms with E-state index < -0.39 is 11.2 Å². The molecule has 0 bridgehead atoms. The first-order chi connectivity index (χ1) is 12.9. The number of nitrogens with zero attached hydrogens (tertiary/aromatic N) is 5. The lowest BCUT2D eigenvalue weighted by atomic mass is 9.96. The van der Waals surface area contributed by atoms with Crippen LogP contribution in [0.25, 0.3) is 0 Å². The summed E-state index contributed by atoms with van der Waals surface area (Å²) >= 11 is 0. The molecule has 0 aromatic carbocycles. The summed E-state index contributed by atoms with van der Waals surface area (Å²) in [4.78, 5) is 46.9. The van der Waals surface area contributed by atoms with Crippen LogP contribution in [-0.4, -0.2) is 68.5 Å². The zero-order valence-electron chi connectivity index (χ0n) is 16.0. The summed E-state index contributed by atoms with van der Waals surface area (Å²) < 4.78 is 3.35. The van der Waals surface area contributed by atoms with Gasteiger partial charge < -0.3 is 18.9 Å². The van der Waals surface area contributed by atoms with Gasteiger partial charge in [0, 0.05) is 57.7 Å². The van der Waals surface area contributed by atoms with Gasteiger partial charge in [0.2, 0.25) is 0 Å². The van der Waals surface area contributed by atoms with Gasteiger partial charge >= 0.3 is 5.69 Å². The number of amides is 1. The lowest BCUT2D eigenvalue weighted by Gasteiger charge is -2.32. The smallest absolute Gasteiger partial charge is 0.328 e. The number of rotatable bonds is 5. The molecule has 1 atom stereocenters. The summed E-state index contributed by atoms with van der Waals surface area (Å²) in [5.41, 5.74) is -1.18. The number of H-pyrrole nitrogens is 1. The molecule has 2 aromatic rings. The topological polar surface area (TPSA) is 96.2 Å². The highest BCUT2D eigenvalue weighted by molar-refractivity contribution is 5.93. The Hall–Kier alpha value is -2.68. The first-order valence-electron chi connectivity index (χ1n) is 9.12. The number of aromatic nitrogens is 4. The van der Waals surface area contributed by atoms with Crippen molar-refractivity contribution in [2.75, 3.05) is 33.7 Å². The minimum absolute atomic E-state index is 0.00583. The number of aryl methyl sites for hydroxylation is 1. The lowest BCUT2D eigenvalue weighted by Crippen LogP contribution is -2.43. The first kappa shape index (κ1) is 19.1. The maximum Gasteiger partial charge on any atom is 0.328 e. The van der Waals surface area contributed by atoms with Crippen LogP contribution in [0.5, 0.6) is 0 Å². The molecule has 3 heterocycles. The Morgan fingerprint density at radius 1 is 1.37 bits per heavy atom. The molecule has 9 nitrogen and oxygen atoms in total. The molecule has 1 N–H and O–H groups in total. The molecule has 0 radical (unpaired) electrons. The molecule has 1 fully saturated rings. The molecule has 0 unspecified atom stereocenters. The van der Waals surface area contributed by atoms with Crippen molar-refractivity contribution in [3.05, 3.63) is 50.8 Å². The fourth-order valence-corrected chi connectivity index (χ4v) is 3.44. The van der Waals surface area contributed by atoms with Crippen LogP contribution in [0.4, 0.5) is 0 Å². The van der Waals surface area contributed by atoms with Crippen molar-refractivity contribution < 1.29 is 4.79 Å². The number of imidazole rings is 1. The number of carbonyl (C=O) groups is 1. The number of carbonyl (C=O) groups excluding carboxylic acids is 1. The fourth-order valence-electron chi connectivity index (χ4n) is 3.44. The van der Waals surface area contributed by atoms with Crippen LogP contribution in [0.2, 0.25) is 0 Å². The predicted molar refractivity (Wildman–Crippen MR) is 101 cm³/mol. The van der Waals surface area contributed by atoms with Gasteiger partial charge in [-0.2, -0.15) is 0 Å². The van der Waals surface area contributed by atoms with Crippen LogP contribution in [0, 0.1) is 0 Å². The second-order valence-corrected chi connectivity index (χ2v) is 7.29. The summed E-state index contributed by atoms with van der Waals surface area (Å²) in [5.74, 6) is 0.762. The average Bonchev–Trinajstić information content (AvgIpc) is 3.11. The van der Waals surface area contributed by atoms with E-state index in [4.69, 9.17) is 0 Å². The molecule has 1 aliphatic rings. The van der Waals surface area contributed by atoms with Crippen molar-refractivity contribution in [2.24, 2.45) is 7.05 Å². The summed E-state index contributed by atoms with van der Waals surface area (Å²) in [6, 6.07) is 0. The van der Waals surface area contributed by atoms with Gasteiger partial charge in [0.1, 0.15) is 11.4 Å². The molecule has 146 valence electrons. The molecular weight excluding hydrogens is 348 g/mol. The van der Waals surface area contributed by atoms with E-state index >= 15 is 0 Å². The average molecular weight is 374 g/mol. The van der Waals surface area contributed by atoms with Gasteiger partial charge in [0.15, 0.2) is 0 Å². The van der Waals surface area contributed by atoms with E-state index in [0.29, 0.717) is 13.1 Å². The zero-order valence-corrected chi connectivity index (χ0v) is 16.0. The number of piperidine rings is 1. The monoisotopic (exact) mass is 374 g/mol. The molecule has 0 spiro atoms. The molecule has 2 aromatic heterocycles. The van der Waals surface area contributed by atoms with E-state index in [2.05, 4.69) is 19.4 Å². The van der Waals surface area contributed by atoms with E-state index in [-0.39, 0.29) is 17.4 Å². The van der Waals surface area contributed by atoms with Gasteiger partial charge in [-0.15, -0.1) is 0 Å². The van der Waals surface area contributed by atoms with Crippen LogP contribution >= 0.6 is 0 Å². The summed E-state index contributed by atoms with van der Waals surface area (Å²) in [6.07, 6.45) is 6.87. The molecule has 9 heteroatoms. The molecule has 0 saturated carbocycles. The SMILES string of the molecule is CN(C)CCn1ccnc1[C@H]1CCCN(C(=O)c2cn(C)c(=O)[nH]c2=O)C1. The molecule has 1 amide bonds. The van der Waals surface area contributed by atoms with Crippen LogP contribution in [0.3, 0.4) is 0 Å². The number of hydrogen-bond donors (Lipinski definition) is 1. The molecule has 1 aliphatic heterocycles. The van der Waals surface area contributed by atoms with Gasteiger partial charge in [-0.3, -0.25) is 14.6 Å². The second-order valence-electron chi connectivity index (χ2n) is 7.29. The third-order valence-electron chi connectivity index (χ3n) is 4.95. The van der Waals surface area contributed by atoms with Crippen LogP contribution < -0.4 is 11.2 Å². The van der Waals surface area contributed by atoms with Gasteiger partial charge in [-0.05, 0) is 26.9 Å². The normalized spacial score (nSPS) is 17.5. The fraction of sp³-hybridized carbons (Fsp3) is 0.556. The molecular formula is C18H26N6O3. The highest BCUT2D eigenvalue weighted by Gasteiger charge is 2.29. The number of likely N-dealkylation sites (N-methyl/N-ethyl adjacent to an activating group) is 1. The maximum atomic E-state index is 12.9. The summed E-state index contributed by atoms with van der Waals surface area (Å²) in [7, 11) is 5.57. The van der Waals surface area contributed by atoms with Gasteiger partial charge in [0.05, 0.1) is 0 Å². The summed E-state index contributed by atoms with van der Waals surface area (Å²) in [5, 5.41) is 0. The van der Waals surface area contributed by atoms with E-state index in [0.717, 1.165) is 31.8 Å². The van der Waals surface area contributed by atoms with Crippen molar-refractivity contribution in [1.29, 1.82) is 0 Å². The third-order valence-corrected chi connectivity index (χ3v) is 4.95. The molecule has 1 saturated heterocycles. The van der Waals surface area contributed by atoms with Crippen molar-refractivity contribution >= 4 is 5.91 Å². The zero-order chi connectivity index (χ0) is 19.6. The minimum atomic E-state index is -0.641. The Morgan fingerprint density at radius 3 is 2.89 bits per heavy atom. The number of aromatic amines is 1. The van der Waals surface area contributed by atoms with Gasteiger partial charge in [-0.1, -0.05) is 0 Å². The van der Waals surface area contributed by atoms with Crippen molar-refractivity contribution in [3.63, 3.8) is 0 Å². The van der Waals surface area contributed by atoms with Crippen LogP contribution in [0.1, 0.15) is 34.9 Å². The second kappa shape index (κ2) is 7.91. The van der Waals surface area contributed by atoms with E-state index in [1.54, 1.807) is 11.1 Å². The van der Waals surface area contributed by atoms with Gasteiger partial charge in [0.25, 0.3) is 11.5 Å². The van der Waals surface area contributed by atoms with Crippen molar-refractivity contribution in [2.45, 2.75) is 25.3 Å². The largest absolute Gasteiger partial charge is 0.338 e. The van der Waals surface area contributed by atoms with Crippen molar-refractivity contribution in [3.8, 4) is 0 Å². The van der Waals surface area contributed by atoms with Crippen LogP contribution in [0.15, 0.2) is 28.2 Å². The Kier molecular flexibility index (Phi) is 5.59. The Morgan fingerprint density at radius 2 is 2.15 bits per heavy atom. The number of hydrogen-bond acceptors (Lipinski definition) is 5. The van der Waals surface area contributed by atoms with Gasteiger partial charge in [-0.25, -0.2) is 9.78 Å². The highest BCUT2D eigenvalue weighted by Crippen LogP contribution is 2.26. The maximum absolute atomic E-state index is 12.9. The predicted octanol–water partition coefficient (Wildman–Crippen LogP) is -0.148. The van der Waals surface area contributed by atoms with Crippen LogP contribution in [-0.2, 0) is 13.6 Å². The standard InChI is InChI=1S/C18H26N6O3/c1-21(2)9-10-23-8-6-19-15(23)13-5-4-7-24(11-13)17(26)14-12-22(3)18(27)20-16(14)25/h6,8,12-13H,4-5,7,9-11H2,1-3H3,(H,20,25,27)/t13-/m0/s1. The van der Waals surface area contributed by atoms with E-state index in [1.165, 1.54) is 17.8 Å². The number of nitrogens with one attached hydrogen (secondary N) is 1. The Labute approximate surface area is 157 Å². The number of likely N-dealkylation sites (tertiary alicyclic amines) is 1. The molecule has 0 aliphatic carbocycles. The quantitative estimate of drug-likeness (QED) is 0.785. The Balaban J connectivity index is 1.78. The van der Waals surface area contributed by atoms with E-state index in [1.807, 2.05) is 20.3 Å². The van der Waals surface area contributed by atoms with Crippen molar-refractivity contribution in [1.82, 2.24) is 28.9 Å². The van der Waals surface area contributed by atoms with E-state index in [9.17, 15) is 14.4 Å². The Bertz CT molecular complexity index is 926. The summed E-state index contributed by atoms with van der Waals surface area (Å²) in [6.45, 7) is 2.86. The highest BCUT2D eigenvalue weighted by atomic mass is 16.2. The molecule has 27 heavy (non-hydrogen) atoms.